The van der Waals surface area contributed by atoms with Crippen LogP contribution in [-0.4, -0.2) is 23.8 Å². The number of esters is 1. The molecule has 0 radical (unpaired) electrons. The number of thiazole rings is 1. The van der Waals surface area contributed by atoms with E-state index in [2.05, 4.69) is 4.99 Å². The quantitative estimate of drug-likeness (QED) is 0.223. The predicted molar refractivity (Wildman–Crippen MR) is 165 cm³/mol. The fourth-order valence-electron chi connectivity index (χ4n) is 4.64. The molecule has 2 heterocycles. The Hall–Kier alpha value is -3.85. The van der Waals surface area contributed by atoms with Crippen LogP contribution in [0.5, 0.6) is 11.5 Å². The molecule has 10 heteroatoms. The largest absolute Gasteiger partial charge is 0.497 e. The fraction of sp³-hybridized carbons (Fsp3) is 0.219. The third-order valence-corrected chi connectivity index (χ3v) is 8.20. The summed E-state index contributed by atoms with van der Waals surface area (Å²) in [4.78, 5) is 32.5. The van der Waals surface area contributed by atoms with Gasteiger partial charge in [0.2, 0.25) is 0 Å². The standard InChI is InChI=1S/C32H28Cl2N2O5S/c1-18(2)41-31(38)28-19(3)35-32-36(29(28)20-9-12-24(39-4)13-10-20)30(37)27(42-32)16-22-15-23(33)11-14-26(22)40-17-21-7-5-6-8-25(21)34/h5-16,18,29H,17H2,1-4H3/b27-16-/t29-/m0/s1. The molecule has 0 bridgehead atoms. The van der Waals surface area contributed by atoms with E-state index in [0.29, 0.717) is 47.7 Å². The van der Waals surface area contributed by atoms with Crippen LogP contribution in [0, 0.1) is 0 Å². The van der Waals surface area contributed by atoms with Crippen LogP contribution < -0.4 is 24.4 Å². The number of halogens is 2. The Morgan fingerprint density at radius 2 is 1.83 bits per heavy atom. The summed E-state index contributed by atoms with van der Waals surface area (Å²) in [6.45, 7) is 5.55. The molecule has 0 saturated heterocycles. The topological polar surface area (TPSA) is 79.1 Å². The summed E-state index contributed by atoms with van der Waals surface area (Å²) < 4.78 is 18.9. The minimum Gasteiger partial charge on any atom is -0.497 e. The number of methoxy groups -OCH3 is 1. The molecule has 0 saturated carbocycles. The summed E-state index contributed by atoms with van der Waals surface area (Å²) in [6.07, 6.45) is 1.39. The van der Waals surface area contributed by atoms with Gasteiger partial charge in [0, 0.05) is 21.2 Å². The number of carbonyl (C=O) groups excluding carboxylic acids is 1. The lowest BCUT2D eigenvalue weighted by Gasteiger charge is -2.25. The Kier molecular flexibility index (Phi) is 8.87. The Labute approximate surface area is 256 Å². The smallest absolute Gasteiger partial charge is 0.338 e. The van der Waals surface area contributed by atoms with Crippen molar-refractivity contribution in [2.45, 2.75) is 39.5 Å². The Morgan fingerprint density at radius 3 is 2.52 bits per heavy atom. The van der Waals surface area contributed by atoms with Crippen molar-refractivity contribution in [3.8, 4) is 11.5 Å². The van der Waals surface area contributed by atoms with Crippen molar-refractivity contribution in [1.82, 2.24) is 4.57 Å². The normalized spacial score (nSPS) is 14.9. The van der Waals surface area contributed by atoms with Crippen LogP contribution in [0.3, 0.4) is 0 Å². The van der Waals surface area contributed by atoms with E-state index >= 15 is 0 Å². The zero-order chi connectivity index (χ0) is 30.0. The van der Waals surface area contributed by atoms with Crippen molar-refractivity contribution in [3.05, 3.63) is 124 Å². The first-order valence-electron chi connectivity index (χ1n) is 13.2. The van der Waals surface area contributed by atoms with E-state index in [4.69, 9.17) is 37.4 Å². The number of benzene rings is 3. The van der Waals surface area contributed by atoms with Gasteiger partial charge in [-0.3, -0.25) is 9.36 Å². The summed E-state index contributed by atoms with van der Waals surface area (Å²) in [5, 5.41) is 1.09. The Bertz CT molecular complexity index is 1860. The van der Waals surface area contributed by atoms with Crippen LogP contribution in [0.25, 0.3) is 6.08 Å². The van der Waals surface area contributed by atoms with Gasteiger partial charge in [-0.1, -0.05) is 64.9 Å². The number of carbonyl (C=O) groups is 1. The Balaban J connectivity index is 1.62. The molecule has 216 valence electrons. The molecule has 1 atom stereocenters. The second-order valence-electron chi connectivity index (χ2n) is 9.87. The molecule has 0 amide bonds. The fourth-order valence-corrected chi connectivity index (χ4v) is 6.05. The van der Waals surface area contributed by atoms with E-state index in [1.807, 2.05) is 30.3 Å². The SMILES string of the molecule is COc1ccc([C@H]2C(C(=O)OC(C)C)=C(C)N=c3s/c(=C\c4cc(Cl)ccc4OCc4ccccc4Cl)c(=O)n32)cc1. The first kappa shape index (κ1) is 29.6. The van der Waals surface area contributed by atoms with Crippen molar-refractivity contribution >= 4 is 46.6 Å². The summed E-state index contributed by atoms with van der Waals surface area (Å²) in [5.74, 6) is 0.670. The van der Waals surface area contributed by atoms with Gasteiger partial charge in [-0.05, 0) is 68.8 Å². The number of nitrogens with zero attached hydrogens (tertiary/aromatic N) is 2. The van der Waals surface area contributed by atoms with Crippen molar-refractivity contribution in [2.24, 2.45) is 4.99 Å². The molecule has 0 N–H and O–H groups in total. The highest BCUT2D eigenvalue weighted by Gasteiger charge is 2.33. The minimum absolute atomic E-state index is 0.237. The van der Waals surface area contributed by atoms with Gasteiger partial charge in [-0.15, -0.1) is 0 Å². The first-order chi connectivity index (χ1) is 20.2. The predicted octanol–water partition coefficient (Wildman–Crippen LogP) is 6.08. The van der Waals surface area contributed by atoms with Gasteiger partial charge >= 0.3 is 5.97 Å². The highest BCUT2D eigenvalue weighted by atomic mass is 35.5. The molecule has 1 aliphatic heterocycles. The minimum atomic E-state index is -0.740. The number of rotatable bonds is 8. The molecule has 0 unspecified atom stereocenters. The third kappa shape index (κ3) is 6.16. The maximum Gasteiger partial charge on any atom is 0.338 e. The van der Waals surface area contributed by atoms with Crippen molar-refractivity contribution in [1.29, 1.82) is 0 Å². The van der Waals surface area contributed by atoms with Crippen molar-refractivity contribution in [3.63, 3.8) is 0 Å². The first-order valence-corrected chi connectivity index (χ1v) is 14.8. The number of hydrogen-bond acceptors (Lipinski definition) is 7. The molecule has 42 heavy (non-hydrogen) atoms. The molecule has 3 aromatic carbocycles. The number of hydrogen-bond donors (Lipinski definition) is 0. The van der Waals surface area contributed by atoms with Gasteiger partial charge in [-0.25, -0.2) is 9.79 Å². The van der Waals surface area contributed by atoms with Crippen molar-refractivity contribution < 1.29 is 19.0 Å². The van der Waals surface area contributed by atoms with Gasteiger partial charge in [0.1, 0.15) is 18.1 Å². The van der Waals surface area contributed by atoms with E-state index in [9.17, 15) is 9.59 Å². The molecular formula is C32H28Cl2N2O5S. The van der Waals surface area contributed by atoms with Gasteiger partial charge in [0.25, 0.3) is 5.56 Å². The number of fused-ring (bicyclic) bond motifs is 1. The molecule has 5 rings (SSSR count). The number of ether oxygens (including phenoxy) is 3. The maximum atomic E-state index is 14.0. The van der Waals surface area contributed by atoms with Gasteiger partial charge in [-0.2, -0.15) is 0 Å². The molecular weight excluding hydrogens is 595 g/mol. The molecule has 1 aromatic heterocycles. The van der Waals surface area contributed by atoms with E-state index in [1.165, 1.54) is 15.9 Å². The summed E-state index contributed by atoms with van der Waals surface area (Å²) in [7, 11) is 1.58. The van der Waals surface area contributed by atoms with Crippen LogP contribution >= 0.6 is 34.5 Å². The molecule has 1 aliphatic rings. The highest BCUT2D eigenvalue weighted by molar-refractivity contribution is 7.07. The van der Waals surface area contributed by atoms with E-state index in [1.54, 1.807) is 70.4 Å². The maximum absolute atomic E-state index is 14.0. The van der Waals surface area contributed by atoms with Gasteiger partial charge in [0.15, 0.2) is 4.80 Å². The monoisotopic (exact) mass is 622 g/mol. The second-order valence-corrected chi connectivity index (χ2v) is 11.7. The van der Waals surface area contributed by atoms with Crippen molar-refractivity contribution in [2.75, 3.05) is 7.11 Å². The zero-order valence-electron chi connectivity index (χ0n) is 23.4. The number of allylic oxidation sites excluding steroid dienone is 1. The molecule has 0 spiro atoms. The van der Waals surface area contributed by atoms with Gasteiger partial charge < -0.3 is 14.2 Å². The molecule has 0 aliphatic carbocycles. The Morgan fingerprint density at radius 1 is 1.10 bits per heavy atom. The lowest BCUT2D eigenvalue weighted by molar-refractivity contribution is -0.143. The van der Waals surface area contributed by atoms with E-state index in [0.717, 1.165) is 11.1 Å². The van der Waals surface area contributed by atoms with Crippen LogP contribution in [0.2, 0.25) is 10.0 Å². The summed E-state index contributed by atoms with van der Waals surface area (Å²) in [5.41, 5.74) is 2.66. The second kappa shape index (κ2) is 12.6. The summed E-state index contributed by atoms with van der Waals surface area (Å²) in [6, 6.07) is 19.2. The van der Waals surface area contributed by atoms with Gasteiger partial charge in [0.05, 0.1) is 35.1 Å². The molecule has 7 nitrogen and oxygen atoms in total. The highest BCUT2D eigenvalue weighted by Crippen LogP contribution is 2.32. The lowest BCUT2D eigenvalue weighted by atomic mass is 9.96. The lowest BCUT2D eigenvalue weighted by Crippen LogP contribution is -2.40. The molecule has 0 fully saturated rings. The van der Waals surface area contributed by atoms with Crippen LogP contribution in [0.1, 0.15) is 43.5 Å². The number of aromatic nitrogens is 1. The van der Waals surface area contributed by atoms with Crippen LogP contribution in [0.4, 0.5) is 0 Å². The average Bonchev–Trinajstić information content (AvgIpc) is 3.26. The van der Waals surface area contributed by atoms with Crippen LogP contribution in [-0.2, 0) is 16.1 Å². The molecule has 4 aromatic rings. The summed E-state index contributed by atoms with van der Waals surface area (Å²) >= 11 is 13.9. The van der Waals surface area contributed by atoms with Crippen LogP contribution in [0.15, 0.2) is 87.8 Å². The zero-order valence-corrected chi connectivity index (χ0v) is 25.7. The third-order valence-electron chi connectivity index (χ3n) is 6.62. The average molecular weight is 624 g/mol. The van der Waals surface area contributed by atoms with E-state index < -0.39 is 12.0 Å². The van der Waals surface area contributed by atoms with E-state index in [-0.39, 0.29) is 18.3 Å².